The number of hydrogen-bond acceptors (Lipinski definition) is 6. The molecule has 0 N–H and O–H groups in total. The highest BCUT2D eigenvalue weighted by Gasteiger charge is 2.31. The quantitative estimate of drug-likeness (QED) is 0.678. The van der Waals surface area contributed by atoms with Crippen molar-refractivity contribution in [1.29, 1.82) is 0 Å². The van der Waals surface area contributed by atoms with E-state index in [1.807, 2.05) is 23.1 Å². The summed E-state index contributed by atoms with van der Waals surface area (Å²) < 4.78 is 22.3. The second-order valence-electron chi connectivity index (χ2n) is 7.36. The first-order valence-corrected chi connectivity index (χ1v) is 10.1. The van der Waals surface area contributed by atoms with E-state index in [4.69, 9.17) is 18.9 Å². The number of carbonyl (C=O) groups excluding carboxylic acids is 2. The molecule has 0 aliphatic carbocycles. The van der Waals surface area contributed by atoms with Crippen molar-refractivity contribution in [1.82, 2.24) is 4.90 Å². The lowest BCUT2D eigenvalue weighted by Gasteiger charge is -2.27. The Morgan fingerprint density at radius 2 is 1.87 bits per heavy atom. The minimum Gasteiger partial charge on any atom is -0.493 e. The summed E-state index contributed by atoms with van der Waals surface area (Å²) in [4.78, 5) is 26.3. The third-order valence-electron chi connectivity index (χ3n) is 5.45. The maximum atomic E-state index is 12.9. The van der Waals surface area contributed by atoms with Gasteiger partial charge in [-0.2, -0.15) is 0 Å². The fourth-order valence-electron chi connectivity index (χ4n) is 3.91. The van der Waals surface area contributed by atoms with E-state index in [9.17, 15) is 9.59 Å². The van der Waals surface area contributed by atoms with Gasteiger partial charge >= 0.3 is 0 Å². The number of likely N-dealkylation sites (tertiary alicyclic amines) is 1. The Hall–Kier alpha value is -3.22. The number of benzene rings is 2. The van der Waals surface area contributed by atoms with Gasteiger partial charge in [-0.3, -0.25) is 9.59 Å². The molecule has 0 spiro atoms. The Labute approximate surface area is 175 Å². The minimum absolute atomic E-state index is 0.0149. The molecule has 0 saturated carbocycles. The maximum absolute atomic E-state index is 12.9. The molecule has 0 radical (unpaired) electrons. The highest BCUT2D eigenvalue weighted by Crippen LogP contribution is 2.38. The normalized spacial score (nSPS) is 17.5. The molecular weight excluding hydrogens is 386 g/mol. The fraction of sp³-hybridized carbons (Fsp3) is 0.391. The number of hydrogen-bond donors (Lipinski definition) is 0. The molecule has 30 heavy (non-hydrogen) atoms. The fourth-order valence-corrected chi connectivity index (χ4v) is 3.91. The SMILES string of the molecule is COc1cc(C(C)=O)ccc1OCC(=O)N1CCCC1c1ccc2c(c1)OCCO2. The first kappa shape index (κ1) is 20.1. The molecule has 7 nitrogen and oxygen atoms in total. The van der Waals surface area contributed by atoms with E-state index in [1.165, 1.54) is 14.0 Å². The van der Waals surface area contributed by atoms with Crippen LogP contribution in [0.25, 0.3) is 0 Å². The van der Waals surface area contributed by atoms with Crippen LogP contribution in [0.4, 0.5) is 0 Å². The van der Waals surface area contributed by atoms with E-state index in [0.717, 1.165) is 29.9 Å². The van der Waals surface area contributed by atoms with Crippen LogP contribution in [-0.4, -0.2) is 50.1 Å². The van der Waals surface area contributed by atoms with Crippen molar-refractivity contribution >= 4 is 11.7 Å². The molecule has 0 bridgehead atoms. The van der Waals surface area contributed by atoms with Crippen LogP contribution >= 0.6 is 0 Å². The molecule has 158 valence electrons. The van der Waals surface area contributed by atoms with Crippen molar-refractivity contribution in [3.05, 3.63) is 47.5 Å². The number of Topliss-reactive ketones (excluding diaryl/α,β-unsaturated/α-hetero) is 1. The summed E-state index contributed by atoms with van der Waals surface area (Å²) in [7, 11) is 1.51. The molecular formula is C23H25NO6. The van der Waals surface area contributed by atoms with Crippen LogP contribution < -0.4 is 18.9 Å². The van der Waals surface area contributed by atoms with Gasteiger partial charge in [-0.15, -0.1) is 0 Å². The first-order chi connectivity index (χ1) is 14.6. The molecule has 4 rings (SSSR count). The van der Waals surface area contributed by atoms with Gasteiger partial charge in [0.1, 0.15) is 13.2 Å². The Balaban J connectivity index is 1.45. The molecule has 1 saturated heterocycles. The zero-order valence-corrected chi connectivity index (χ0v) is 17.2. The number of methoxy groups -OCH3 is 1. The van der Waals surface area contributed by atoms with Gasteiger partial charge in [-0.1, -0.05) is 6.07 Å². The number of fused-ring (bicyclic) bond motifs is 1. The molecule has 2 aromatic carbocycles. The van der Waals surface area contributed by atoms with Gasteiger partial charge in [0.05, 0.1) is 13.2 Å². The van der Waals surface area contributed by atoms with Crippen LogP contribution in [0.3, 0.4) is 0 Å². The molecule has 1 unspecified atom stereocenters. The second-order valence-corrected chi connectivity index (χ2v) is 7.36. The molecule has 7 heteroatoms. The molecule has 0 aromatic heterocycles. The number of ether oxygens (including phenoxy) is 4. The summed E-state index contributed by atoms with van der Waals surface area (Å²) in [5.74, 6) is 2.18. The monoisotopic (exact) mass is 411 g/mol. The molecule has 1 atom stereocenters. The maximum Gasteiger partial charge on any atom is 0.261 e. The van der Waals surface area contributed by atoms with E-state index in [2.05, 4.69) is 0 Å². The van der Waals surface area contributed by atoms with Gasteiger partial charge in [0.2, 0.25) is 0 Å². The van der Waals surface area contributed by atoms with Crippen LogP contribution in [0, 0.1) is 0 Å². The van der Waals surface area contributed by atoms with E-state index in [0.29, 0.717) is 36.8 Å². The van der Waals surface area contributed by atoms with Crippen molar-refractivity contribution in [2.24, 2.45) is 0 Å². The predicted molar refractivity (Wildman–Crippen MR) is 110 cm³/mol. The third-order valence-corrected chi connectivity index (χ3v) is 5.45. The Bertz CT molecular complexity index is 957. The highest BCUT2D eigenvalue weighted by atomic mass is 16.6. The van der Waals surface area contributed by atoms with E-state index in [1.54, 1.807) is 18.2 Å². The van der Waals surface area contributed by atoms with E-state index < -0.39 is 0 Å². The summed E-state index contributed by atoms with van der Waals surface area (Å²) in [6.07, 6.45) is 1.82. The van der Waals surface area contributed by atoms with E-state index in [-0.39, 0.29) is 24.3 Å². The second kappa shape index (κ2) is 8.65. The lowest BCUT2D eigenvalue weighted by atomic mass is 10.0. The smallest absolute Gasteiger partial charge is 0.261 e. The largest absolute Gasteiger partial charge is 0.493 e. The number of amides is 1. The van der Waals surface area contributed by atoms with Crippen molar-refractivity contribution in [3.8, 4) is 23.0 Å². The number of nitrogens with zero attached hydrogens (tertiary/aromatic N) is 1. The van der Waals surface area contributed by atoms with Crippen molar-refractivity contribution in [2.75, 3.05) is 33.5 Å². The van der Waals surface area contributed by atoms with Crippen LogP contribution in [0.2, 0.25) is 0 Å². The molecule has 2 heterocycles. The summed E-state index contributed by atoms with van der Waals surface area (Å²) in [5, 5.41) is 0. The highest BCUT2D eigenvalue weighted by molar-refractivity contribution is 5.94. The summed E-state index contributed by atoms with van der Waals surface area (Å²) in [6.45, 7) is 3.15. The van der Waals surface area contributed by atoms with E-state index >= 15 is 0 Å². The van der Waals surface area contributed by atoms with Gasteiger partial charge < -0.3 is 23.8 Å². The zero-order chi connectivity index (χ0) is 21.1. The Morgan fingerprint density at radius 3 is 2.63 bits per heavy atom. The van der Waals surface area contributed by atoms with Gasteiger partial charge in [0.15, 0.2) is 35.4 Å². The molecule has 2 aliphatic heterocycles. The van der Waals surface area contributed by atoms with Gasteiger partial charge in [0.25, 0.3) is 5.91 Å². The molecule has 1 amide bonds. The summed E-state index contributed by atoms with van der Waals surface area (Å²) in [6, 6.07) is 10.8. The molecule has 2 aromatic rings. The van der Waals surface area contributed by atoms with Crippen LogP contribution in [0.15, 0.2) is 36.4 Å². The van der Waals surface area contributed by atoms with Crippen molar-refractivity contribution in [2.45, 2.75) is 25.8 Å². The predicted octanol–water partition coefficient (Wildman–Crippen LogP) is 3.41. The number of ketones is 1. The summed E-state index contributed by atoms with van der Waals surface area (Å²) in [5.41, 5.74) is 1.57. The minimum atomic E-state index is -0.100. The standard InChI is InChI=1S/C23H25NO6/c1-15(25)16-5-7-19(21(12-16)27-2)30-14-23(26)24-9-3-4-18(24)17-6-8-20-22(13-17)29-11-10-28-20/h5-8,12-13,18H,3-4,9-11,14H2,1-2H3. The first-order valence-electron chi connectivity index (χ1n) is 10.1. The average Bonchev–Trinajstić information content (AvgIpc) is 3.27. The lowest BCUT2D eigenvalue weighted by Crippen LogP contribution is -2.34. The Morgan fingerprint density at radius 1 is 1.07 bits per heavy atom. The average molecular weight is 411 g/mol. The topological polar surface area (TPSA) is 74.3 Å². The zero-order valence-electron chi connectivity index (χ0n) is 17.2. The van der Waals surface area contributed by atoms with Crippen molar-refractivity contribution < 1.29 is 28.5 Å². The number of rotatable bonds is 6. The van der Waals surface area contributed by atoms with Crippen LogP contribution in [0.5, 0.6) is 23.0 Å². The van der Waals surface area contributed by atoms with Gasteiger partial charge in [-0.05, 0) is 55.7 Å². The Kier molecular flexibility index (Phi) is 5.79. The summed E-state index contributed by atoms with van der Waals surface area (Å²) >= 11 is 0. The number of carbonyl (C=O) groups is 2. The third kappa shape index (κ3) is 4.06. The van der Waals surface area contributed by atoms with Crippen LogP contribution in [-0.2, 0) is 4.79 Å². The molecule has 1 fully saturated rings. The van der Waals surface area contributed by atoms with Crippen LogP contribution in [0.1, 0.15) is 41.7 Å². The van der Waals surface area contributed by atoms with Gasteiger partial charge in [-0.25, -0.2) is 0 Å². The molecule has 2 aliphatic rings. The van der Waals surface area contributed by atoms with Crippen molar-refractivity contribution in [3.63, 3.8) is 0 Å². The van der Waals surface area contributed by atoms with Gasteiger partial charge in [0, 0.05) is 12.1 Å². The lowest BCUT2D eigenvalue weighted by molar-refractivity contribution is -0.134.